The second kappa shape index (κ2) is 8.09. The lowest BCUT2D eigenvalue weighted by Crippen LogP contribution is -2.22. The Kier molecular flexibility index (Phi) is 6.37. The van der Waals surface area contributed by atoms with E-state index in [1.165, 1.54) is 0 Å². The zero-order valence-electron chi connectivity index (χ0n) is 14.5. The first-order chi connectivity index (χ1) is 11.4. The smallest absolute Gasteiger partial charge is 0.185 e. The highest BCUT2D eigenvalue weighted by atomic mass is 79.9. The Hall–Kier alpha value is -1.44. The Morgan fingerprint density at radius 3 is 2.71 bits per heavy atom. The molecule has 5 nitrogen and oxygen atoms in total. The minimum absolute atomic E-state index is 0.295. The average Bonchev–Trinajstić information content (AvgIpc) is 2.93. The molecule has 0 unspecified atom stereocenters. The number of carbonyl (C=O) groups is 1. The molecule has 24 heavy (non-hydrogen) atoms. The van der Waals surface area contributed by atoms with Crippen molar-refractivity contribution in [2.45, 2.75) is 32.4 Å². The molecule has 7 heteroatoms. The molecule has 2 rings (SSSR count). The largest absolute Gasteiger partial charge is 0.495 e. The summed E-state index contributed by atoms with van der Waals surface area (Å²) in [6, 6.07) is 6.85. The Morgan fingerprint density at radius 1 is 1.33 bits per heavy atom. The van der Waals surface area contributed by atoms with Crippen LogP contribution in [-0.2, 0) is 11.5 Å². The monoisotopic (exact) mass is 410 g/mol. The first-order valence-corrected chi connectivity index (χ1v) is 12.3. The Balaban J connectivity index is 2.28. The van der Waals surface area contributed by atoms with Crippen molar-refractivity contribution in [3.8, 4) is 17.0 Å². The quantitative estimate of drug-likeness (QED) is 0.366. The number of carbonyl (C=O) groups excluding carboxylic acids is 1. The molecule has 0 spiro atoms. The SMILES string of the molecule is COc1c(Br)cccc1-c1cnc(C=O)n1COCC[Si](C)(C)C. The lowest BCUT2D eigenvalue weighted by Gasteiger charge is -2.17. The van der Waals surface area contributed by atoms with E-state index in [1.54, 1.807) is 17.9 Å². The Morgan fingerprint density at radius 2 is 2.08 bits per heavy atom. The van der Waals surface area contributed by atoms with Crippen molar-refractivity contribution in [3.63, 3.8) is 0 Å². The molecule has 2 aromatic rings. The molecule has 1 aromatic heterocycles. The fourth-order valence-corrected chi connectivity index (χ4v) is 3.57. The number of methoxy groups -OCH3 is 1. The normalized spacial score (nSPS) is 11.5. The summed E-state index contributed by atoms with van der Waals surface area (Å²) in [5, 5.41) is 0. The molecule has 0 aliphatic carbocycles. The van der Waals surface area contributed by atoms with Crippen LogP contribution < -0.4 is 4.74 Å². The van der Waals surface area contributed by atoms with Gasteiger partial charge in [0.05, 0.1) is 23.5 Å². The van der Waals surface area contributed by atoms with Gasteiger partial charge in [0.2, 0.25) is 0 Å². The molecule has 0 N–H and O–H groups in total. The van der Waals surface area contributed by atoms with Gasteiger partial charge in [0.1, 0.15) is 12.5 Å². The van der Waals surface area contributed by atoms with Crippen LogP contribution >= 0.6 is 15.9 Å². The zero-order chi connectivity index (χ0) is 17.7. The lowest BCUT2D eigenvalue weighted by atomic mass is 10.1. The summed E-state index contributed by atoms with van der Waals surface area (Å²) in [6.45, 7) is 7.90. The van der Waals surface area contributed by atoms with E-state index in [0.29, 0.717) is 24.9 Å². The maximum atomic E-state index is 11.3. The van der Waals surface area contributed by atoms with Crippen molar-refractivity contribution in [1.29, 1.82) is 0 Å². The topological polar surface area (TPSA) is 53.3 Å². The summed E-state index contributed by atoms with van der Waals surface area (Å²) in [7, 11) is 0.474. The van der Waals surface area contributed by atoms with Crippen molar-refractivity contribution in [2.24, 2.45) is 0 Å². The zero-order valence-corrected chi connectivity index (χ0v) is 17.1. The van der Waals surface area contributed by atoms with Crippen molar-refractivity contribution in [2.75, 3.05) is 13.7 Å². The predicted molar refractivity (Wildman–Crippen MR) is 101 cm³/mol. The number of para-hydroxylation sites is 1. The first-order valence-electron chi connectivity index (χ1n) is 7.78. The van der Waals surface area contributed by atoms with E-state index < -0.39 is 8.07 Å². The third-order valence-corrected chi connectivity index (χ3v) is 5.98. The summed E-state index contributed by atoms with van der Waals surface area (Å²) in [6.07, 6.45) is 2.42. The van der Waals surface area contributed by atoms with Crippen LogP contribution in [0.4, 0.5) is 0 Å². The molecule has 1 aromatic carbocycles. The lowest BCUT2D eigenvalue weighted by molar-refractivity contribution is 0.0841. The van der Waals surface area contributed by atoms with Gasteiger partial charge in [-0.3, -0.25) is 9.36 Å². The molecule has 0 fully saturated rings. The molecular weight excluding hydrogens is 388 g/mol. The average molecular weight is 411 g/mol. The molecule has 0 atom stereocenters. The van der Waals surface area contributed by atoms with Crippen molar-refractivity contribution in [1.82, 2.24) is 9.55 Å². The second-order valence-corrected chi connectivity index (χ2v) is 13.2. The van der Waals surface area contributed by atoms with Crippen molar-refractivity contribution < 1.29 is 14.3 Å². The highest BCUT2D eigenvalue weighted by Crippen LogP contribution is 2.36. The molecule has 130 valence electrons. The first kappa shape index (κ1) is 18.9. The van der Waals surface area contributed by atoms with E-state index in [1.807, 2.05) is 18.2 Å². The number of halogens is 1. The van der Waals surface area contributed by atoms with E-state index in [2.05, 4.69) is 40.6 Å². The van der Waals surface area contributed by atoms with E-state index >= 15 is 0 Å². The number of nitrogens with zero attached hydrogens (tertiary/aromatic N) is 2. The van der Waals surface area contributed by atoms with Crippen LogP contribution in [0.3, 0.4) is 0 Å². The number of aldehydes is 1. The van der Waals surface area contributed by atoms with Gasteiger partial charge in [-0.2, -0.15) is 0 Å². The summed E-state index contributed by atoms with van der Waals surface area (Å²) < 4.78 is 13.9. The van der Waals surface area contributed by atoms with Crippen LogP contribution in [0.1, 0.15) is 10.6 Å². The molecule has 0 aliphatic heterocycles. The van der Waals surface area contributed by atoms with E-state index in [4.69, 9.17) is 9.47 Å². The molecule has 0 saturated heterocycles. The van der Waals surface area contributed by atoms with Gasteiger partial charge in [-0.25, -0.2) is 4.98 Å². The van der Waals surface area contributed by atoms with Gasteiger partial charge in [-0.05, 0) is 34.1 Å². The van der Waals surface area contributed by atoms with Crippen LogP contribution in [0.15, 0.2) is 28.9 Å². The van der Waals surface area contributed by atoms with Crippen molar-refractivity contribution in [3.05, 3.63) is 34.7 Å². The van der Waals surface area contributed by atoms with Gasteiger partial charge in [0.25, 0.3) is 0 Å². The molecule has 0 saturated carbocycles. The van der Waals surface area contributed by atoms with Gasteiger partial charge in [0.15, 0.2) is 12.1 Å². The highest BCUT2D eigenvalue weighted by Gasteiger charge is 2.17. The summed E-state index contributed by atoms with van der Waals surface area (Å²) in [5.41, 5.74) is 1.66. The van der Waals surface area contributed by atoms with Crippen LogP contribution in [0.5, 0.6) is 5.75 Å². The number of benzene rings is 1. The van der Waals surface area contributed by atoms with Gasteiger partial charge in [-0.1, -0.05) is 25.7 Å². The molecule has 0 bridgehead atoms. The molecule has 0 amide bonds. The van der Waals surface area contributed by atoms with Crippen LogP contribution in [0, 0.1) is 0 Å². The molecular formula is C17H23BrN2O3Si. The minimum Gasteiger partial charge on any atom is -0.495 e. The minimum atomic E-state index is -1.15. The number of ether oxygens (including phenoxy) is 2. The van der Waals surface area contributed by atoms with E-state index in [9.17, 15) is 4.79 Å². The van der Waals surface area contributed by atoms with Gasteiger partial charge >= 0.3 is 0 Å². The van der Waals surface area contributed by atoms with Crippen LogP contribution in [0.25, 0.3) is 11.3 Å². The molecule has 1 heterocycles. The maximum Gasteiger partial charge on any atom is 0.185 e. The van der Waals surface area contributed by atoms with E-state index in [-0.39, 0.29) is 0 Å². The molecule has 0 radical (unpaired) electrons. The predicted octanol–water partition coefficient (Wildman–Crippen LogP) is 4.45. The number of aromatic nitrogens is 2. The number of rotatable bonds is 8. The Bertz CT molecular complexity index is 710. The third-order valence-electron chi connectivity index (χ3n) is 3.66. The maximum absolute atomic E-state index is 11.3. The molecule has 0 aliphatic rings. The van der Waals surface area contributed by atoms with Gasteiger partial charge in [0, 0.05) is 20.2 Å². The summed E-state index contributed by atoms with van der Waals surface area (Å²) in [4.78, 5) is 15.5. The van der Waals surface area contributed by atoms with Crippen LogP contribution in [-0.4, -0.2) is 37.6 Å². The summed E-state index contributed by atoms with van der Waals surface area (Å²) >= 11 is 3.49. The number of imidazole rings is 1. The van der Waals surface area contributed by atoms with E-state index in [0.717, 1.165) is 28.1 Å². The van der Waals surface area contributed by atoms with Gasteiger partial charge < -0.3 is 9.47 Å². The summed E-state index contributed by atoms with van der Waals surface area (Å²) in [5.74, 6) is 1.05. The van der Waals surface area contributed by atoms with Gasteiger partial charge in [-0.15, -0.1) is 0 Å². The Labute approximate surface area is 152 Å². The third kappa shape index (κ3) is 4.55. The van der Waals surface area contributed by atoms with Crippen LogP contribution in [0.2, 0.25) is 25.7 Å². The van der Waals surface area contributed by atoms with Crippen molar-refractivity contribution >= 4 is 30.3 Å². The number of hydrogen-bond acceptors (Lipinski definition) is 4. The number of hydrogen-bond donors (Lipinski definition) is 0. The fraction of sp³-hybridized carbons (Fsp3) is 0.412. The fourth-order valence-electron chi connectivity index (χ4n) is 2.29. The highest BCUT2D eigenvalue weighted by molar-refractivity contribution is 9.10. The second-order valence-electron chi connectivity index (χ2n) is 6.72. The standard InChI is InChI=1S/C17H23BrN2O3Si/c1-22-17-13(6-5-7-14(17)18)15-10-19-16(11-21)20(15)12-23-8-9-24(2,3)4/h5-7,10-11H,8-9,12H2,1-4H3.